The number of aromatic hydroxyl groups is 1. The molecule has 1 aliphatic rings. The Labute approximate surface area is 217 Å². The molecule has 1 unspecified atom stereocenters. The van der Waals surface area contributed by atoms with E-state index in [2.05, 4.69) is 31.0 Å². The Kier molecular flexibility index (Phi) is 7.79. The zero-order chi connectivity index (χ0) is 26.0. The van der Waals surface area contributed by atoms with E-state index in [4.69, 9.17) is 21.1 Å². The summed E-state index contributed by atoms with van der Waals surface area (Å²) in [5.74, 6) is 1.60. The molecule has 0 bridgehead atoms. The Morgan fingerprint density at radius 2 is 1.97 bits per heavy atom. The summed E-state index contributed by atoms with van der Waals surface area (Å²) in [6, 6.07) is 8.71. The molecule has 1 amide bonds. The SMILES string of the molecule is CCCCCN1C(=O)c2[nH]nc(-c3cc(Cl)c(C)cc3O)c2C1c1ccc(OCC(C)C)c(OC)c1. The average Bonchev–Trinajstić information content (AvgIpc) is 3.39. The summed E-state index contributed by atoms with van der Waals surface area (Å²) in [5.41, 5.74) is 3.81. The van der Waals surface area contributed by atoms with E-state index in [1.165, 1.54) is 0 Å². The highest BCUT2D eigenvalue weighted by Gasteiger charge is 2.42. The number of aromatic nitrogens is 2. The molecule has 0 saturated carbocycles. The lowest BCUT2D eigenvalue weighted by atomic mass is 9.95. The highest BCUT2D eigenvalue weighted by Crippen LogP contribution is 2.46. The number of rotatable bonds is 10. The largest absolute Gasteiger partial charge is 0.507 e. The number of carbonyl (C=O) groups is 1. The van der Waals surface area contributed by atoms with E-state index in [1.807, 2.05) is 30.0 Å². The van der Waals surface area contributed by atoms with Crippen molar-refractivity contribution >= 4 is 17.5 Å². The van der Waals surface area contributed by atoms with E-state index in [-0.39, 0.29) is 11.7 Å². The van der Waals surface area contributed by atoms with Crippen LogP contribution in [0.3, 0.4) is 0 Å². The fourth-order valence-electron chi connectivity index (χ4n) is 4.60. The molecular weight excluding hydrogens is 478 g/mol. The molecule has 0 radical (unpaired) electrons. The molecule has 1 aromatic heterocycles. The lowest BCUT2D eigenvalue weighted by Gasteiger charge is -2.27. The van der Waals surface area contributed by atoms with Crippen LogP contribution >= 0.6 is 11.6 Å². The Morgan fingerprint density at radius 1 is 1.19 bits per heavy atom. The summed E-state index contributed by atoms with van der Waals surface area (Å²) < 4.78 is 11.6. The Balaban J connectivity index is 1.83. The van der Waals surface area contributed by atoms with Gasteiger partial charge in [-0.1, -0.05) is 51.3 Å². The number of amides is 1. The van der Waals surface area contributed by atoms with Crippen molar-refractivity contribution < 1.29 is 19.4 Å². The smallest absolute Gasteiger partial charge is 0.273 e. The van der Waals surface area contributed by atoms with Gasteiger partial charge in [0.2, 0.25) is 0 Å². The van der Waals surface area contributed by atoms with Gasteiger partial charge in [0, 0.05) is 22.7 Å². The van der Waals surface area contributed by atoms with Crippen molar-refractivity contribution in [2.75, 3.05) is 20.3 Å². The summed E-state index contributed by atoms with van der Waals surface area (Å²) in [6.07, 6.45) is 2.96. The van der Waals surface area contributed by atoms with Crippen LogP contribution in [0, 0.1) is 12.8 Å². The molecule has 36 heavy (non-hydrogen) atoms. The van der Waals surface area contributed by atoms with Crippen LogP contribution in [0.5, 0.6) is 17.2 Å². The number of phenols is 1. The molecule has 0 aliphatic carbocycles. The van der Waals surface area contributed by atoms with Gasteiger partial charge < -0.3 is 19.5 Å². The van der Waals surface area contributed by atoms with E-state index in [9.17, 15) is 9.90 Å². The van der Waals surface area contributed by atoms with Crippen LogP contribution < -0.4 is 9.47 Å². The molecule has 2 N–H and O–H groups in total. The first-order valence-corrected chi connectivity index (χ1v) is 12.8. The van der Waals surface area contributed by atoms with E-state index in [0.29, 0.717) is 52.5 Å². The van der Waals surface area contributed by atoms with Crippen LogP contribution in [0.15, 0.2) is 30.3 Å². The number of unbranched alkanes of at least 4 members (excludes halogenated alkanes) is 2. The summed E-state index contributed by atoms with van der Waals surface area (Å²) in [6.45, 7) is 9.33. The van der Waals surface area contributed by atoms with Gasteiger partial charge in [0.25, 0.3) is 5.91 Å². The monoisotopic (exact) mass is 511 g/mol. The third kappa shape index (κ3) is 4.89. The molecule has 0 saturated heterocycles. The molecular formula is C28H34ClN3O4. The van der Waals surface area contributed by atoms with E-state index in [0.717, 1.165) is 36.0 Å². The van der Waals surface area contributed by atoms with Crippen molar-refractivity contribution in [2.45, 2.75) is 53.0 Å². The van der Waals surface area contributed by atoms with Gasteiger partial charge in [-0.05, 0) is 54.7 Å². The standard InChI is InChI=1S/C28H34ClN3O4/c1-6-7-8-11-32-27(18-9-10-22(23(13-18)35-5)36-15-16(2)3)24-25(30-31-26(24)28(32)34)19-14-20(29)17(4)12-21(19)33/h9-10,12-14,16,27,33H,6-8,11,15H2,1-5H3,(H,30,31). The topological polar surface area (TPSA) is 87.7 Å². The van der Waals surface area contributed by atoms with E-state index < -0.39 is 6.04 Å². The zero-order valence-electron chi connectivity index (χ0n) is 21.5. The number of hydrogen-bond donors (Lipinski definition) is 2. The number of H-pyrrole nitrogens is 1. The maximum Gasteiger partial charge on any atom is 0.273 e. The maximum absolute atomic E-state index is 13.5. The minimum Gasteiger partial charge on any atom is -0.507 e. The van der Waals surface area contributed by atoms with Crippen LogP contribution in [-0.2, 0) is 0 Å². The second-order valence-electron chi connectivity index (χ2n) is 9.70. The number of ether oxygens (including phenoxy) is 2. The predicted molar refractivity (Wildman–Crippen MR) is 141 cm³/mol. The predicted octanol–water partition coefficient (Wildman–Crippen LogP) is 6.52. The lowest BCUT2D eigenvalue weighted by molar-refractivity contribution is 0.0740. The number of hydrogen-bond acceptors (Lipinski definition) is 5. The van der Waals surface area contributed by atoms with Crippen LogP contribution in [0.4, 0.5) is 0 Å². The summed E-state index contributed by atoms with van der Waals surface area (Å²) in [4.78, 5) is 15.4. The number of halogens is 1. The Hall–Kier alpha value is -3.19. The number of benzene rings is 2. The number of fused-ring (bicyclic) bond motifs is 1. The minimum atomic E-state index is -0.398. The molecule has 8 heteroatoms. The van der Waals surface area contributed by atoms with Crippen molar-refractivity contribution in [1.82, 2.24) is 15.1 Å². The second kappa shape index (κ2) is 10.8. The quantitative estimate of drug-likeness (QED) is 0.302. The number of nitrogens with one attached hydrogen (secondary N) is 1. The Morgan fingerprint density at radius 3 is 2.67 bits per heavy atom. The minimum absolute atomic E-state index is 0.0665. The average molecular weight is 512 g/mol. The lowest BCUT2D eigenvalue weighted by Crippen LogP contribution is -2.30. The van der Waals surface area contributed by atoms with Crippen molar-refractivity contribution in [3.8, 4) is 28.5 Å². The molecule has 3 aromatic rings. The van der Waals surface area contributed by atoms with Gasteiger partial charge in [-0.25, -0.2) is 0 Å². The normalized spacial score (nSPS) is 15.0. The van der Waals surface area contributed by atoms with Gasteiger partial charge in [0.1, 0.15) is 17.1 Å². The zero-order valence-corrected chi connectivity index (χ0v) is 22.3. The fourth-order valence-corrected chi connectivity index (χ4v) is 4.76. The molecule has 7 nitrogen and oxygen atoms in total. The van der Waals surface area contributed by atoms with E-state index >= 15 is 0 Å². The Bertz CT molecular complexity index is 1250. The van der Waals surface area contributed by atoms with Crippen molar-refractivity contribution in [1.29, 1.82) is 0 Å². The maximum atomic E-state index is 13.5. The molecule has 1 atom stereocenters. The molecule has 2 aromatic carbocycles. The van der Waals surface area contributed by atoms with Crippen molar-refractivity contribution in [3.05, 3.63) is 57.7 Å². The summed E-state index contributed by atoms with van der Waals surface area (Å²) >= 11 is 6.40. The molecule has 4 rings (SSSR count). The number of phenolic OH excluding ortho intramolecular Hbond substituents is 1. The molecule has 2 heterocycles. The van der Waals surface area contributed by atoms with Crippen LogP contribution in [0.1, 0.15) is 73.3 Å². The van der Waals surface area contributed by atoms with Crippen LogP contribution in [-0.4, -0.2) is 46.4 Å². The molecule has 1 aliphatic heterocycles. The number of aryl methyl sites for hydroxylation is 1. The number of carbonyl (C=O) groups excluding carboxylic acids is 1. The highest BCUT2D eigenvalue weighted by molar-refractivity contribution is 6.31. The fraction of sp³-hybridized carbons (Fsp3) is 0.429. The molecule has 0 fully saturated rings. The van der Waals surface area contributed by atoms with Gasteiger partial charge in [-0.3, -0.25) is 9.89 Å². The van der Waals surface area contributed by atoms with Crippen molar-refractivity contribution in [3.63, 3.8) is 0 Å². The van der Waals surface area contributed by atoms with Crippen LogP contribution in [0.2, 0.25) is 5.02 Å². The van der Waals surface area contributed by atoms with Crippen LogP contribution in [0.25, 0.3) is 11.3 Å². The number of nitrogens with zero attached hydrogens (tertiary/aromatic N) is 2. The van der Waals surface area contributed by atoms with Gasteiger partial charge >= 0.3 is 0 Å². The number of methoxy groups -OCH3 is 1. The molecule has 0 spiro atoms. The summed E-state index contributed by atoms with van der Waals surface area (Å²) in [7, 11) is 1.61. The first-order chi connectivity index (χ1) is 17.3. The van der Waals surface area contributed by atoms with Crippen molar-refractivity contribution in [2.24, 2.45) is 5.92 Å². The highest BCUT2D eigenvalue weighted by atomic mass is 35.5. The van der Waals surface area contributed by atoms with Gasteiger partial charge in [-0.2, -0.15) is 5.10 Å². The van der Waals surface area contributed by atoms with Gasteiger partial charge in [0.15, 0.2) is 11.5 Å². The third-order valence-corrected chi connectivity index (χ3v) is 6.88. The second-order valence-corrected chi connectivity index (χ2v) is 10.1. The number of aromatic amines is 1. The van der Waals surface area contributed by atoms with Gasteiger partial charge in [-0.15, -0.1) is 0 Å². The summed E-state index contributed by atoms with van der Waals surface area (Å²) in [5, 5.41) is 18.7. The molecule has 192 valence electrons. The van der Waals surface area contributed by atoms with Gasteiger partial charge in [0.05, 0.1) is 19.8 Å². The first kappa shape index (κ1) is 25.9. The van der Waals surface area contributed by atoms with E-state index in [1.54, 1.807) is 19.2 Å². The first-order valence-electron chi connectivity index (χ1n) is 12.5. The third-order valence-electron chi connectivity index (χ3n) is 6.47.